The highest BCUT2D eigenvalue weighted by atomic mass is 35.5. The summed E-state index contributed by atoms with van der Waals surface area (Å²) in [7, 11) is 5.52. The van der Waals surface area contributed by atoms with Crippen LogP contribution in [-0.2, 0) is 9.59 Å². The van der Waals surface area contributed by atoms with E-state index in [-0.39, 0.29) is 16.2 Å². The fourth-order valence-corrected chi connectivity index (χ4v) is 4.18. The van der Waals surface area contributed by atoms with Gasteiger partial charge in [0.15, 0.2) is 0 Å². The molecule has 0 radical (unpaired) electrons. The maximum absolute atomic E-state index is 13.5. The molecule has 2 aromatic carbocycles. The Morgan fingerprint density at radius 1 is 1.15 bits per heavy atom. The van der Waals surface area contributed by atoms with E-state index in [0.29, 0.717) is 36.6 Å². The van der Waals surface area contributed by atoms with Crippen molar-refractivity contribution in [1.82, 2.24) is 4.90 Å². The molecule has 2 aromatic rings. The summed E-state index contributed by atoms with van der Waals surface area (Å²) in [6, 6.07) is 10.9. The van der Waals surface area contributed by atoms with Gasteiger partial charge in [0.25, 0.3) is 5.91 Å². The van der Waals surface area contributed by atoms with Crippen LogP contribution in [0.4, 0.5) is 0 Å². The SMILES string of the molecule is CCOc1ccc(C2/C(=C(\[O-])c3ccc(OC)c(Cl)c3)C(=O)C(=O)N2CCC[NH+](C)C)cc1. The minimum absolute atomic E-state index is 0.0670. The van der Waals surface area contributed by atoms with E-state index < -0.39 is 23.5 Å². The van der Waals surface area contributed by atoms with Gasteiger partial charge in [0.1, 0.15) is 11.5 Å². The first-order valence-electron chi connectivity index (χ1n) is 10.9. The molecular weight excluding hydrogens is 444 g/mol. The minimum atomic E-state index is -0.775. The smallest absolute Gasteiger partial charge is 0.295 e. The molecule has 8 heteroatoms. The monoisotopic (exact) mass is 472 g/mol. The zero-order valence-corrected chi connectivity index (χ0v) is 20.1. The van der Waals surface area contributed by atoms with E-state index >= 15 is 0 Å². The van der Waals surface area contributed by atoms with E-state index in [1.807, 2.05) is 21.0 Å². The summed E-state index contributed by atoms with van der Waals surface area (Å²) in [5.74, 6) is -0.858. The maximum Gasteiger partial charge on any atom is 0.295 e. The zero-order chi connectivity index (χ0) is 24.1. The van der Waals surface area contributed by atoms with Crippen molar-refractivity contribution >= 4 is 29.1 Å². The Hall–Kier alpha value is -3.03. The van der Waals surface area contributed by atoms with Gasteiger partial charge in [-0.3, -0.25) is 9.59 Å². The summed E-state index contributed by atoms with van der Waals surface area (Å²) in [6.45, 7) is 3.60. The van der Waals surface area contributed by atoms with E-state index in [0.717, 1.165) is 6.54 Å². The molecule has 0 spiro atoms. The van der Waals surface area contributed by atoms with E-state index in [4.69, 9.17) is 21.1 Å². The van der Waals surface area contributed by atoms with Crippen LogP contribution in [0.3, 0.4) is 0 Å². The number of nitrogens with one attached hydrogen (secondary N) is 1. The average molecular weight is 473 g/mol. The van der Waals surface area contributed by atoms with Crippen molar-refractivity contribution in [2.24, 2.45) is 0 Å². The lowest BCUT2D eigenvalue weighted by atomic mass is 9.95. The number of likely N-dealkylation sites (tertiary alicyclic amines) is 1. The fourth-order valence-electron chi connectivity index (χ4n) is 3.93. The first-order valence-corrected chi connectivity index (χ1v) is 11.3. The quantitative estimate of drug-likeness (QED) is 0.340. The summed E-state index contributed by atoms with van der Waals surface area (Å²) in [6.07, 6.45) is 0.699. The molecule has 1 aliphatic rings. The third-order valence-corrected chi connectivity index (χ3v) is 5.82. The summed E-state index contributed by atoms with van der Waals surface area (Å²) >= 11 is 6.21. The molecular formula is C25H29ClN2O5. The Morgan fingerprint density at radius 2 is 1.85 bits per heavy atom. The number of quaternary nitrogens is 1. The highest BCUT2D eigenvalue weighted by Gasteiger charge is 2.44. The Kier molecular flexibility index (Phi) is 8.00. The van der Waals surface area contributed by atoms with Gasteiger partial charge in [-0.2, -0.15) is 0 Å². The van der Waals surface area contributed by atoms with Gasteiger partial charge in [0, 0.05) is 18.5 Å². The van der Waals surface area contributed by atoms with Crippen LogP contribution in [0.15, 0.2) is 48.0 Å². The van der Waals surface area contributed by atoms with Gasteiger partial charge in [-0.05, 0) is 42.3 Å². The molecule has 1 N–H and O–H groups in total. The molecule has 1 atom stereocenters. The largest absolute Gasteiger partial charge is 0.872 e. The highest BCUT2D eigenvalue weighted by Crippen LogP contribution is 2.40. The molecule has 7 nitrogen and oxygen atoms in total. The average Bonchev–Trinajstić information content (AvgIpc) is 3.04. The molecule has 1 heterocycles. The molecule has 33 heavy (non-hydrogen) atoms. The zero-order valence-electron chi connectivity index (χ0n) is 19.3. The van der Waals surface area contributed by atoms with Gasteiger partial charge in [-0.15, -0.1) is 0 Å². The molecule has 1 aliphatic heterocycles. The number of ether oxygens (including phenoxy) is 2. The number of halogens is 1. The molecule has 0 aromatic heterocycles. The van der Waals surface area contributed by atoms with E-state index in [1.165, 1.54) is 23.0 Å². The van der Waals surface area contributed by atoms with Crippen LogP contribution in [0.5, 0.6) is 11.5 Å². The first kappa shape index (κ1) is 24.6. The third kappa shape index (κ3) is 5.31. The van der Waals surface area contributed by atoms with Crippen LogP contribution in [0.2, 0.25) is 5.02 Å². The lowest BCUT2D eigenvalue weighted by Crippen LogP contribution is -3.05. The fraction of sp³-hybridized carbons (Fsp3) is 0.360. The Bertz CT molecular complexity index is 1050. The number of methoxy groups -OCH3 is 1. The number of hydrogen-bond donors (Lipinski definition) is 1. The van der Waals surface area contributed by atoms with Gasteiger partial charge in [-0.1, -0.05) is 35.6 Å². The van der Waals surface area contributed by atoms with Crippen LogP contribution in [0, 0.1) is 0 Å². The summed E-state index contributed by atoms with van der Waals surface area (Å²) in [5, 5.41) is 13.7. The van der Waals surface area contributed by atoms with Gasteiger partial charge in [0.2, 0.25) is 5.78 Å². The van der Waals surface area contributed by atoms with E-state index in [9.17, 15) is 14.7 Å². The van der Waals surface area contributed by atoms with Crippen molar-refractivity contribution in [1.29, 1.82) is 0 Å². The molecule has 0 bridgehead atoms. The van der Waals surface area contributed by atoms with Crippen LogP contribution >= 0.6 is 11.6 Å². The second kappa shape index (κ2) is 10.7. The Morgan fingerprint density at radius 3 is 2.42 bits per heavy atom. The molecule has 1 fully saturated rings. The number of Topliss-reactive ketones (excluding diaryl/α,β-unsaturated/α-hetero) is 1. The van der Waals surface area contributed by atoms with E-state index in [1.54, 1.807) is 36.4 Å². The molecule has 1 saturated heterocycles. The predicted molar refractivity (Wildman–Crippen MR) is 124 cm³/mol. The standard InChI is InChI=1S/C25H29ClN2O5/c1-5-33-18-10-7-16(8-11-18)22-21(23(29)17-9-12-20(32-4)19(26)15-17)24(30)25(31)28(22)14-6-13-27(2)3/h7-12,15,22,29H,5-6,13-14H2,1-4H3/b23-21+. The van der Waals surface area contributed by atoms with Crippen molar-refractivity contribution in [3.63, 3.8) is 0 Å². The van der Waals surface area contributed by atoms with Gasteiger partial charge in [0.05, 0.1) is 45.4 Å². The Balaban J connectivity index is 2.08. The lowest BCUT2D eigenvalue weighted by Gasteiger charge is -2.28. The topological polar surface area (TPSA) is 83.3 Å². The van der Waals surface area contributed by atoms with Crippen molar-refractivity contribution in [3.05, 3.63) is 64.2 Å². The maximum atomic E-state index is 13.5. The number of nitrogens with zero attached hydrogens (tertiary/aromatic N) is 1. The number of ketones is 1. The van der Waals surface area contributed by atoms with Gasteiger partial charge < -0.3 is 24.4 Å². The Labute approximate surface area is 199 Å². The van der Waals surface area contributed by atoms with Crippen molar-refractivity contribution < 1.29 is 29.1 Å². The van der Waals surface area contributed by atoms with Crippen LogP contribution in [0.1, 0.15) is 30.5 Å². The third-order valence-electron chi connectivity index (χ3n) is 5.53. The number of carbonyl (C=O) groups is 2. The summed E-state index contributed by atoms with van der Waals surface area (Å²) in [5.41, 5.74) is 0.841. The highest BCUT2D eigenvalue weighted by molar-refractivity contribution is 6.46. The van der Waals surface area contributed by atoms with Crippen LogP contribution in [-0.4, -0.2) is 57.5 Å². The molecule has 0 aliphatic carbocycles. The molecule has 176 valence electrons. The number of benzene rings is 2. The van der Waals surface area contributed by atoms with Crippen molar-refractivity contribution in [3.8, 4) is 11.5 Å². The summed E-state index contributed by atoms with van der Waals surface area (Å²) in [4.78, 5) is 28.8. The number of carbonyl (C=O) groups excluding carboxylic acids is 2. The minimum Gasteiger partial charge on any atom is -0.872 e. The number of amides is 1. The molecule has 0 saturated carbocycles. The van der Waals surface area contributed by atoms with Crippen LogP contribution < -0.4 is 19.5 Å². The second-order valence-electron chi connectivity index (χ2n) is 8.14. The van der Waals surface area contributed by atoms with Crippen molar-refractivity contribution in [2.45, 2.75) is 19.4 Å². The first-order chi connectivity index (χ1) is 15.8. The summed E-state index contributed by atoms with van der Waals surface area (Å²) < 4.78 is 10.7. The van der Waals surface area contributed by atoms with Gasteiger partial charge >= 0.3 is 0 Å². The lowest BCUT2D eigenvalue weighted by molar-refractivity contribution is -0.858. The number of hydrogen-bond acceptors (Lipinski definition) is 5. The van der Waals surface area contributed by atoms with Crippen molar-refractivity contribution in [2.75, 3.05) is 40.9 Å². The second-order valence-corrected chi connectivity index (χ2v) is 8.54. The molecule has 1 unspecified atom stereocenters. The van der Waals surface area contributed by atoms with E-state index in [2.05, 4.69) is 0 Å². The normalized spacial score (nSPS) is 17.6. The van der Waals surface area contributed by atoms with Crippen LogP contribution in [0.25, 0.3) is 5.76 Å². The molecule has 3 rings (SSSR count). The number of rotatable bonds is 9. The van der Waals surface area contributed by atoms with Gasteiger partial charge in [-0.25, -0.2) is 0 Å². The predicted octanol–water partition coefficient (Wildman–Crippen LogP) is 1.51. The molecule has 1 amide bonds.